The highest BCUT2D eigenvalue weighted by Gasteiger charge is 2.25. The van der Waals surface area contributed by atoms with E-state index in [4.69, 9.17) is 42.1 Å². The van der Waals surface area contributed by atoms with E-state index in [2.05, 4.69) is 4.99 Å². The Morgan fingerprint density at radius 3 is 2.19 bits per heavy atom. The van der Waals surface area contributed by atoms with Crippen LogP contribution < -0.4 is 14.2 Å². The van der Waals surface area contributed by atoms with Crippen molar-refractivity contribution in [1.82, 2.24) is 0 Å². The van der Waals surface area contributed by atoms with Crippen LogP contribution >= 0.6 is 23.2 Å². The summed E-state index contributed by atoms with van der Waals surface area (Å²) in [5, 5.41) is 0.744. The Hall–Kier alpha value is -2.70. The smallest absolute Gasteiger partial charge is 0.363 e. The topological polar surface area (TPSA) is 66.4 Å². The van der Waals surface area contributed by atoms with Crippen LogP contribution in [0.5, 0.6) is 17.2 Å². The van der Waals surface area contributed by atoms with Crippen LogP contribution in [0.2, 0.25) is 10.0 Å². The van der Waals surface area contributed by atoms with E-state index in [1.54, 1.807) is 36.4 Å². The van der Waals surface area contributed by atoms with Gasteiger partial charge in [0.05, 0.1) is 31.4 Å². The minimum absolute atomic E-state index is 0.130. The van der Waals surface area contributed by atoms with E-state index in [1.165, 1.54) is 21.3 Å². The minimum Gasteiger partial charge on any atom is -0.493 e. The number of benzene rings is 2. The third-order valence-electron chi connectivity index (χ3n) is 3.78. The van der Waals surface area contributed by atoms with Gasteiger partial charge in [0.15, 0.2) is 17.2 Å². The second kappa shape index (κ2) is 7.90. The van der Waals surface area contributed by atoms with Crippen LogP contribution in [-0.2, 0) is 9.53 Å². The van der Waals surface area contributed by atoms with Gasteiger partial charge in [-0.25, -0.2) is 9.79 Å². The molecule has 0 amide bonds. The summed E-state index contributed by atoms with van der Waals surface area (Å²) in [6.45, 7) is 0. The molecule has 140 valence electrons. The Morgan fingerprint density at radius 2 is 1.63 bits per heavy atom. The van der Waals surface area contributed by atoms with Crippen molar-refractivity contribution < 1.29 is 23.7 Å². The Balaban J connectivity index is 2.00. The number of rotatable bonds is 5. The van der Waals surface area contributed by atoms with Gasteiger partial charge in [0, 0.05) is 5.56 Å². The van der Waals surface area contributed by atoms with Gasteiger partial charge in [0.25, 0.3) is 0 Å². The molecule has 1 aliphatic heterocycles. The molecule has 0 radical (unpaired) electrons. The van der Waals surface area contributed by atoms with Gasteiger partial charge in [0.1, 0.15) is 0 Å². The van der Waals surface area contributed by atoms with Crippen LogP contribution in [0.1, 0.15) is 11.1 Å². The molecule has 2 aromatic carbocycles. The maximum absolute atomic E-state index is 12.2. The molecule has 0 N–H and O–H groups in total. The van der Waals surface area contributed by atoms with Gasteiger partial charge in [-0.15, -0.1) is 0 Å². The lowest BCUT2D eigenvalue weighted by atomic mass is 10.1. The maximum atomic E-state index is 12.2. The second-order valence-corrected chi connectivity index (χ2v) is 6.24. The second-order valence-electron chi connectivity index (χ2n) is 5.42. The number of hydrogen-bond donors (Lipinski definition) is 0. The molecule has 0 saturated carbocycles. The number of aliphatic imine (C=N–C) groups is 1. The number of methoxy groups -OCH3 is 3. The van der Waals surface area contributed by atoms with Crippen molar-refractivity contribution >= 4 is 41.1 Å². The van der Waals surface area contributed by atoms with Crippen molar-refractivity contribution in [2.45, 2.75) is 0 Å². The van der Waals surface area contributed by atoms with Crippen LogP contribution in [0.15, 0.2) is 41.0 Å². The highest BCUT2D eigenvalue weighted by atomic mass is 35.5. The zero-order valence-electron chi connectivity index (χ0n) is 14.7. The van der Waals surface area contributed by atoms with Gasteiger partial charge in [-0.05, 0) is 42.0 Å². The molecule has 3 rings (SSSR count). The fourth-order valence-corrected chi connectivity index (χ4v) is 2.80. The van der Waals surface area contributed by atoms with Crippen LogP contribution in [0, 0.1) is 0 Å². The number of hydrogen-bond acceptors (Lipinski definition) is 6. The summed E-state index contributed by atoms with van der Waals surface area (Å²) in [4.78, 5) is 16.4. The van der Waals surface area contributed by atoms with Gasteiger partial charge in [-0.2, -0.15) is 0 Å². The standard InChI is InChI=1S/C19H15Cl2NO5/c1-24-15-7-10(8-16(25-2)17(15)26-3)6-14-19(23)27-18(22-14)11-4-5-12(20)13(21)9-11/h4-9H,1-3H3/b14-6-. The zero-order chi connectivity index (χ0) is 19.6. The summed E-state index contributed by atoms with van der Waals surface area (Å²) >= 11 is 11.9. The highest BCUT2D eigenvalue weighted by Crippen LogP contribution is 2.39. The number of esters is 1. The lowest BCUT2D eigenvalue weighted by Crippen LogP contribution is -2.05. The van der Waals surface area contributed by atoms with E-state index >= 15 is 0 Å². The Morgan fingerprint density at radius 1 is 0.963 bits per heavy atom. The third-order valence-corrected chi connectivity index (χ3v) is 4.52. The van der Waals surface area contributed by atoms with Gasteiger partial charge in [-0.3, -0.25) is 0 Å². The number of nitrogens with zero attached hydrogens (tertiary/aromatic N) is 1. The molecule has 0 aromatic heterocycles. The average Bonchev–Trinajstić information content (AvgIpc) is 3.03. The zero-order valence-corrected chi connectivity index (χ0v) is 16.2. The number of cyclic esters (lactones) is 1. The van der Waals surface area contributed by atoms with E-state index in [0.717, 1.165) is 0 Å². The van der Waals surface area contributed by atoms with Crippen LogP contribution in [-0.4, -0.2) is 33.2 Å². The van der Waals surface area contributed by atoms with E-state index in [1.807, 2.05) is 0 Å². The summed E-state index contributed by atoms with van der Waals surface area (Å²) in [7, 11) is 4.54. The normalized spacial score (nSPS) is 14.8. The van der Waals surface area contributed by atoms with Crippen molar-refractivity contribution in [3.05, 3.63) is 57.2 Å². The van der Waals surface area contributed by atoms with E-state index < -0.39 is 5.97 Å². The Kier molecular flexibility index (Phi) is 5.58. The van der Waals surface area contributed by atoms with E-state index in [-0.39, 0.29) is 11.6 Å². The Labute approximate surface area is 165 Å². The molecule has 0 spiro atoms. The molecular formula is C19H15Cl2NO5. The van der Waals surface area contributed by atoms with Crippen molar-refractivity contribution in [2.24, 2.45) is 4.99 Å². The molecule has 2 aromatic rings. The van der Waals surface area contributed by atoms with Crippen molar-refractivity contribution in [1.29, 1.82) is 0 Å². The van der Waals surface area contributed by atoms with E-state index in [9.17, 15) is 4.79 Å². The highest BCUT2D eigenvalue weighted by molar-refractivity contribution is 6.42. The fraction of sp³-hybridized carbons (Fsp3) is 0.158. The van der Waals surface area contributed by atoms with Gasteiger partial charge < -0.3 is 18.9 Å². The third kappa shape index (κ3) is 3.86. The molecular weight excluding hydrogens is 393 g/mol. The molecule has 1 heterocycles. The SMILES string of the molecule is COc1cc(/C=C2\N=C(c3ccc(Cl)c(Cl)c3)OC2=O)cc(OC)c1OC. The number of ether oxygens (including phenoxy) is 4. The first-order valence-electron chi connectivity index (χ1n) is 7.74. The molecule has 0 atom stereocenters. The molecule has 1 aliphatic rings. The summed E-state index contributed by atoms with van der Waals surface area (Å²) in [6, 6.07) is 8.26. The maximum Gasteiger partial charge on any atom is 0.363 e. The van der Waals surface area contributed by atoms with Gasteiger partial charge in [-0.1, -0.05) is 23.2 Å². The lowest BCUT2D eigenvalue weighted by molar-refractivity contribution is -0.129. The Bertz CT molecular complexity index is 944. The molecule has 6 nitrogen and oxygen atoms in total. The number of halogens is 2. The van der Waals surface area contributed by atoms with Crippen molar-refractivity contribution in [2.75, 3.05) is 21.3 Å². The molecule has 0 saturated heterocycles. The molecule has 0 aliphatic carbocycles. The first-order chi connectivity index (χ1) is 13.0. The molecule has 8 heteroatoms. The monoisotopic (exact) mass is 407 g/mol. The predicted molar refractivity (Wildman–Crippen MR) is 103 cm³/mol. The largest absolute Gasteiger partial charge is 0.493 e. The summed E-state index contributed by atoms with van der Waals surface area (Å²) in [5.41, 5.74) is 1.31. The lowest BCUT2D eigenvalue weighted by Gasteiger charge is -2.12. The predicted octanol–water partition coefficient (Wildman–Crippen LogP) is 4.36. The van der Waals surface area contributed by atoms with Gasteiger partial charge >= 0.3 is 5.97 Å². The van der Waals surface area contributed by atoms with Crippen LogP contribution in [0.4, 0.5) is 0 Å². The molecule has 0 unspecified atom stereocenters. The first kappa shape index (κ1) is 19.1. The molecule has 0 fully saturated rings. The average molecular weight is 408 g/mol. The van der Waals surface area contributed by atoms with Crippen LogP contribution in [0.3, 0.4) is 0 Å². The van der Waals surface area contributed by atoms with Crippen LogP contribution in [0.25, 0.3) is 6.08 Å². The summed E-state index contributed by atoms with van der Waals surface area (Å²) < 4.78 is 21.2. The summed E-state index contributed by atoms with van der Waals surface area (Å²) in [6.07, 6.45) is 1.57. The molecule has 27 heavy (non-hydrogen) atoms. The first-order valence-corrected chi connectivity index (χ1v) is 8.50. The quantitative estimate of drug-likeness (QED) is 0.543. The number of carbonyl (C=O) groups excluding carboxylic acids is 1. The molecule has 0 bridgehead atoms. The fourth-order valence-electron chi connectivity index (χ4n) is 2.50. The van der Waals surface area contributed by atoms with Gasteiger partial charge in [0.2, 0.25) is 11.6 Å². The van der Waals surface area contributed by atoms with E-state index in [0.29, 0.717) is 38.4 Å². The number of carbonyl (C=O) groups is 1. The van der Waals surface area contributed by atoms with Crippen molar-refractivity contribution in [3.8, 4) is 17.2 Å². The summed E-state index contributed by atoms with van der Waals surface area (Å²) in [5.74, 6) is 0.950. The minimum atomic E-state index is -0.579. The van der Waals surface area contributed by atoms with Crippen molar-refractivity contribution in [3.63, 3.8) is 0 Å².